The molecule has 1 amide bonds. The molecule has 3 rings (SSSR count). The van der Waals surface area contributed by atoms with Crippen molar-refractivity contribution in [2.75, 3.05) is 6.54 Å². The Morgan fingerprint density at radius 3 is 2.95 bits per heavy atom. The van der Waals surface area contributed by atoms with E-state index < -0.39 is 0 Å². The maximum Gasteiger partial charge on any atom is 0.242 e. The van der Waals surface area contributed by atoms with Crippen molar-refractivity contribution < 1.29 is 9.59 Å². The van der Waals surface area contributed by atoms with E-state index in [2.05, 4.69) is 11.9 Å². The Labute approximate surface area is 123 Å². The number of imidazole rings is 1. The number of likely N-dealkylation sites (tertiary alicyclic amines) is 1. The SMILES string of the molecule is CC1CCCCN1C(=O)Cn1c(C=O)nc2ccccc21. The topological polar surface area (TPSA) is 55.2 Å². The number of rotatable bonds is 3. The van der Waals surface area contributed by atoms with E-state index in [1.165, 1.54) is 6.42 Å². The van der Waals surface area contributed by atoms with Crippen molar-refractivity contribution >= 4 is 23.2 Å². The zero-order chi connectivity index (χ0) is 14.8. The number of aromatic nitrogens is 2. The second-order valence-corrected chi connectivity index (χ2v) is 5.59. The van der Waals surface area contributed by atoms with E-state index >= 15 is 0 Å². The smallest absolute Gasteiger partial charge is 0.242 e. The number of carbonyl (C=O) groups excluding carboxylic acids is 2. The van der Waals surface area contributed by atoms with Gasteiger partial charge in [0, 0.05) is 12.6 Å². The first-order chi connectivity index (χ1) is 10.2. The van der Waals surface area contributed by atoms with Crippen LogP contribution in [-0.4, -0.2) is 39.2 Å². The Hall–Kier alpha value is -2.17. The third-order valence-corrected chi connectivity index (χ3v) is 4.21. The molecule has 2 heterocycles. The average Bonchev–Trinajstić information content (AvgIpc) is 2.86. The molecule has 1 aromatic heterocycles. The van der Waals surface area contributed by atoms with Gasteiger partial charge in [-0.2, -0.15) is 0 Å². The van der Waals surface area contributed by atoms with Crippen LogP contribution in [-0.2, 0) is 11.3 Å². The van der Waals surface area contributed by atoms with Gasteiger partial charge < -0.3 is 9.47 Å². The van der Waals surface area contributed by atoms with Crippen molar-refractivity contribution in [1.82, 2.24) is 14.5 Å². The minimum absolute atomic E-state index is 0.0634. The van der Waals surface area contributed by atoms with Gasteiger partial charge in [-0.3, -0.25) is 9.59 Å². The van der Waals surface area contributed by atoms with Crippen molar-refractivity contribution in [3.05, 3.63) is 30.1 Å². The van der Waals surface area contributed by atoms with Crippen molar-refractivity contribution in [2.24, 2.45) is 0 Å². The molecule has 0 bridgehead atoms. The monoisotopic (exact) mass is 285 g/mol. The molecule has 21 heavy (non-hydrogen) atoms. The van der Waals surface area contributed by atoms with Crippen LogP contribution in [0.3, 0.4) is 0 Å². The van der Waals surface area contributed by atoms with E-state index in [9.17, 15) is 9.59 Å². The lowest BCUT2D eigenvalue weighted by molar-refractivity contribution is -0.135. The van der Waals surface area contributed by atoms with Gasteiger partial charge in [-0.25, -0.2) is 4.98 Å². The van der Waals surface area contributed by atoms with Crippen LogP contribution in [0.25, 0.3) is 11.0 Å². The molecule has 0 spiro atoms. The quantitative estimate of drug-likeness (QED) is 0.813. The summed E-state index contributed by atoms with van der Waals surface area (Å²) in [5.41, 5.74) is 1.58. The van der Waals surface area contributed by atoms with E-state index in [-0.39, 0.29) is 18.5 Å². The van der Waals surface area contributed by atoms with Gasteiger partial charge >= 0.3 is 0 Å². The van der Waals surface area contributed by atoms with Crippen molar-refractivity contribution in [2.45, 2.75) is 38.8 Å². The van der Waals surface area contributed by atoms with Gasteiger partial charge in [-0.05, 0) is 38.3 Å². The molecule has 110 valence electrons. The summed E-state index contributed by atoms with van der Waals surface area (Å²) in [6.45, 7) is 3.08. The van der Waals surface area contributed by atoms with Crippen LogP contribution in [0.2, 0.25) is 0 Å². The highest BCUT2D eigenvalue weighted by Gasteiger charge is 2.24. The van der Waals surface area contributed by atoms with Crippen LogP contribution in [0, 0.1) is 0 Å². The third-order valence-electron chi connectivity index (χ3n) is 4.21. The third kappa shape index (κ3) is 2.55. The van der Waals surface area contributed by atoms with Crippen LogP contribution in [0.5, 0.6) is 0 Å². The second kappa shape index (κ2) is 5.68. The summed E-state index contributed by atoms with van der Waals surface area (Å²) in [5.74, 6) is 0.377. The van der Waals surface area contributed by atoms with E-state index in [4.69, 9.17) is 0 Å². The number of piperidine rings is 1. The van der Waals surface area contributed by atoms with Crippen LogP contribution >= 0.6 is 0 Å². The zero-order valence-corrected chi connectivity index (χ0v) is 12.2. The lowest BCUT2D eigenvalue weighted by Gasteiger charge is -2.33. The van der Waals surface area contributed by atoms with Crippen LogP contribution < -0.4 is 0 Å². The molecule has 5 heteroatoms. The fourth-order valence-electron chi connectivity index (χ4n) is 3.04. The first-order valence-electron chi connectivity index (χ1n) is 7.40. The number of aldehydes is 1. The Morgan fingerprint density at radius 1 is 1.38 bits per heavy atom. The maximum absolute atomic E-state index is 12.5. The number of carbonyl (C=O) groups is 2. The minimum atomic E-state index is 0.0634. The Kier molecular flexibility index (Phi) is 3.73. The Balaban J connectivity index is 1.90. The van der Waals surface area contributed by atoms with Gasteiger partial charge in [0.15, 0.2) is 12.1 Å². The molecular formula is C16H19N3O2. The predicted molar refractivity (Wildman–Crippen MR) is 80.1 cm³/mol. The summed E-state index contributed by atoms with van der Waals surface area (Å²) in [4.78, 5) is 30.0. The molecule has 0 radical (unpaired) electrons. The first kappa shape index (κ1) is 13.8. The predicted octanol–water partition coefficient (Wildman–Crippen LogP) is 2.25. The van der Waals surface area contributed by atoms with E-state index in [0.717, 1.165) is 30.4 Å². The summed E-state index contributed by atoms with van der Waals surface area (Å²) < 4.78 is 1.71. The molecule has 0 N–H and O–H groups in total. The largest absolute Gasteiger partial charge is 0.338 e. The fraction of sp³-hybridized carbons (Fsp3) is 0.438. The highest BCUT2D eigenvalue weighted by molar-refractivity contribution is 5.86. The molecule has 1 fully saturated rings. The fourth-order valence-corrected chi connectivity index (χ4v) is 3.04. The lowest BCUT2D eigenvalue weighted by Crippen LogP contribution is -2.43. The number of hydrogen-bond donors (Lipinski definition) is 0. The zero-order valence-electron chi connectivity index (χ0n) is 12.2. The maximum atomic E-state index is 12.5. The van der Waals surface area contributed by atoms with Gasteiger partial charge in [-0.1, -0.05) is 12.1 Å². The molecule has 5 nitrogen and oxygen atoms in total. The summed E-state index contributed by atoms with van der Waals surface area (Å²) in [6.07, 6.45) is 4.00. The standard InChI is InChI=1S/C16H19N3O2/c1-12-6-4-5-9-18(12)16(21)10-19-14-8-3-2-7-13(14)17-15(19)11-20/h2-3,7-8,11-12H,4-6,9-10H2,1H3. The molecule has 1 atom stereocenters. The molecular weight excluding hydrogens is 266 g/mol. The number of fused-ring (bicyclic) bond motifs is 1. The number of amides is 1. The summed E-state index contributed by atoms with van der Waals surface area (Å²) in [6, 6.07) is 7.79. The number of hydrogen-bond acceptors (Lipinski definition) is 3. The van der Waals surface area contributed by atoms with Crippen molar-refractivity contribution in [3.8, 4) is 0 Å². The van der Waals surface area contributed by atoms with Crippen LogP contribution in [0.15, 0.2) is 24.3 Å². The van der Waals surface area contributed by atoms with E-state index in [1.54, 1.807) is 4.57 Å². The lowest BCUT2D eigenvalue weighted by atomic mass is 10.0. The molecule has 1 aliphatic heterocycles. The molecule has 1 saturated heterocycles. The van der Waals surface area contributed by atoms with Gasteiger partial charge in [0.2, 0.25) is 5.91 Å². The van der Waals surface area contributed by atoms with Gasteiger partial charge in [0.25, 0.3) is 0 Å². The molecule has 1 aliphatic rings. The summed E-state index contributed by atoms with van der Waals surface area (Å²) in [7, 11) is 0. The second-order valence-electron chi connectivity index (χ2n) is 5.59. The van der Waals surface area contributed by atoms with Crippen molar-refractivity contribution in [3.63, 3.8) is 0 Å². The molecule has 1 aromatic carbocycles. The first-order valence-corrected chi connectivity index (χ1v) is 7.40. The molecule has 2 aromatic rings. The van der Waals surface area contributed by atoms with Gasteiger partial charge in [0.1, 0.15) is 6.54 Å². The molecule has 0 aliphatic carbocycles. The van der Waals surface area contributed by atoms with Gasteiger partial charge in [-0.15, -0.1) is 0 Å². The Morgan fingerprint density at radius 2 is 2.19 bits per heavy atom. The van der Waals surface area contributed by atoms with Crippen LogP contribution in [0.1, 0.15) is 36.8 Å². The Bertz CT molecular complexity index is 677. The summed E-state index contributed by atoms with van der Waals surface area (Å²) >= 11 is 0. The highest BCUT2D eigenvalue weighted by Crippen LogP contribution is 2.19. The summed E-state index contributed by atoms with van der Waals surface area (Å²) in [5, 5.41) is 0. The number of nitrogens with zero attached hydrogens (tertiary/aromatic N) is 3. The van der Waals surface area contributed by atoms with E-state index in [0.29, 0.717) is 12.1 Å². The number of para-hydroxylation sites is 2. The molecule has 0 saturated carbocycles. The van der Waals surface area contributed by atoms with E-state index in [1.807, 2.05) is 29.2 Å². The number of benzene rings is 1. The molecule has 1 unspecified atom stereocenters. The van der Waals surface area contributed by atoms with Gasteiger partial charge in [0.05, 0.1) is 11.0 Å². The van der Waals surface area contributed by atoms with Crippen molar-refractivity contribution in [1.29, 1.82) is 0 Å². The normalized spacial score (nSPS) is 18.9. The van der Waals surface area contributed by atoms with Crippen LogP contribution in [0.4, 0.5) is 0 Å². The average molecular weight is 285 g/mol. The minimum Gasteiger partial charge on any atom is -0.338 e. The highest BCUT2D eigenvalue weighted by atomic mass is 16.2.